The van der Waals surface area contributed by atoms with Crippen LogP contribution in [-0.4, -0.2) is 26.2 Å². The monoisotopic (exact) mass is 438 g/mol. The van der Waals surface area contributed by atoms with E-state index in [0.29, 0.717) is 15.0 Å². The smallest absolute Gasteiger partial charge is 0.179 e. The van der Waals surface area contributed by atoms with E-state index in [1.165, 1.54) is 11.3 Å². The quantitative estimate of drug-likeness (QED) is 0.505. The third-order valence-electron chi connectivity index (χ3n) is 5.16. The second-order valence-electron chi connectivity index (χ2n) is 8.09. The highest BCUT2D eigenvalue weighted by molar-refractivity contribution is 7.80. The maximum absolute atomic E-state index is 10.5. The highest BCUT2D eigenvalue weighted by atomic mass is 35.5. The molecule has 1 aliphatic rings. The summed E-state index contributed by atoms with van der Waals surface area (Å²) in [7, 11) is 0. The van der Waals surface area contributed by atoms with Gasteiger partial charge in [0.1, 0.15) is 10.8 Å². The van der Waals surface area contributed by atoms with Crippen molar-refractivity contribution in [2.75, 3.05) is 0 Å². The van der Waals surface area contributed by atoms with Crippen molar-refractivity contribution >= 4 is 56.2 Å². The number of hydrogen-bond donors (Lipinski definition) is 1. The topological polar surface area (TPSA) is 63.8 Å². The Morgan fingerprint density at radius 2 is 1.97 bits per heavy atom. The molecule has 1 aromatic heterocycles. The molecule has 1 aliphatic heterocycles. The van der Waals surface area contributed by atoms with Gasteiger partial charge in [-0.05, 0) is 50.6 Å². The summed E-state index contributed by atoms with van der Waals surface area (Å²) in [6, 6.07) is 17.6. The van der Waals surface area contributed by atoms with Gasteiger partial charge in [-0.15, -0.1) is 11.3 Å². The Morgan fingerprint density at radius 1 is 1.24 bits per heavy atom. The minimum absolute atomic E-state index is 0.168. The molecule has 0 spiro atoms. The number of benzene rings is 2. The molecule has 2 aromatic carbocycles. The van der Waals surface area contributed by atoms with Gasteiger partial charge < -0.3 is 4.90 Å². The lowest BCUT2D eigenvalue weighted by molar-refractivity contribution is 0.346. The Balaban J connectivity index is 2.03. The van der Waals surface area contributed by atoms with Crippen LogP contribution < -0.4 is 0 Å². The van der Waals surface area contributed by atoms with Crippen LogP contribution in [0.4, 0.5) is 0 Å². The maximum atomic E-state index is 10.5. The molecule has 2 atom stereocenters. The number of nitrogens with one attached hydrogen (secondary N) is 1. The third kappa shape index (κ3) is 2.96. The molecule has 1 N–H and O–H groups in total. The zero-order valence-corrected chi connectivity index (χ0v) is 18.6. The predicted molar refractivity (Wildman–Crippen MR) is 123 cm³/mol. The van der Waals surface area contributed by atoms with Crippen molar-refractivity contribution in [3.63, 3.8) is 0 Å². The first kappa shape index (κ1) is 20.0. The van der Waals surface area contributed by atoms with Crippen LogP contribution in [-0.2, 0) is 5.41 Å². The Morgan fingerprint density at radius 3 is 2.59 bits per heavy atom. The molecule has 0 amide bonds. The van der Waals surface area contributed by atoms with Crippen LogP contribution in [0.25, 0.3) is 10.2 Å². The van der Waals surface area contributed by atoms with Crippen LogP contribution in [0, 0.1) is 16.7 Å². The second-order valence-corrected chi connectivity index (χ2v) is 9.97. The van der Waals surface area contributed by atoms with Crippen LogP contribution in [0.5, 0.6) is 0 Å². The lowest BCUT2D eigenvalue weighted by atomic mass is 9.75. The average molecular weight is 439 g/mol. The average Bonchev–Trinajstić information content (AvgIpc) is 3.18. The summed E-state index contributed by atoms with van der Waals surface area (Å²) in [5, 5.41) is 20.8. The van der Waals surface area contributed by atoms with Crippen molar-refractivity contribution in [3.05, 3.63) is 64.1 Å². The summed E-state index contributed by atoms with van der Waals surface area (Å²) in [5.41, 5.74) is -0.112. The number of amidine groups is 1. The Hall–Kier alpha value is -2.33. The van der Waals surface area contributed by atoms with Crippen LogP contribution in [0.15, 0.2) is 48.5 Å². The van der Waals surface area contributed by atoms with Crippen LogP contribution in [0.1, 0.15) is 37.3 Å². The minimum atomic E-state index is -1.31. The molecule has 1 fully saturated rings. The molecule has 2 heterocycles. The van der Waals surface area contributed by atoms with Gasteiger partial charge in [-0.3, -0.25) is 5.41 Å². The molecule has 0 saturated carbocycles. The summed E-state index contributed by atoms with van der Waals surface area (Å²) < 4.78 is 0.981. The first-order valence-electron chi connectivity index (χ1n) is 9.16. The number of thiazole rings is 1. The summed E-state index contributed by atoms with van der Waals surface area (Å²) in [4.78, 5) is 7.11. The molecule has 7 heteroatoms. The number of para-hydroxylation sites is 1. The van der Waals surface area contributed by atoms with E-state index in [0.717, 1.165) is 15.8 Å². The van der Waals surface area contributed by atoms with Crippen molar-refractivity contribution < 1.29 is 0 Å². The van der Waals surface area contributed by atoms with E-state index in [-0.39, 0.29) is 5.84 Å². The zero-order valence-electron chi connectivity index (χ0n) is 16.2. The van der Waals surface area contributed by atoms with Crippen LogP contribution >= 0.6 is 35.2 Å². The number of thiocarbonyl (C=S) groups is 1. The first-order valence-corrected chi connectivity index (χ1v) is 10.8. The molecule has 146 valence electrons. The lowest BCUT2D eigenvalue weighted by Crippen LogP contribution is -2.47. The molecule has 3 aromatic rings. The highest BCUT2D eigenvalue weighted by Crippen LogP contribution is 2.51. The van der Waals surface area contributed by atoms with Gasteiger partial charge >= 0.3 is 0 Å². The molecule has 4 rings (SSSR count). The molecule has 4 nitrogen and oxygen atoms in total. The molecule has 1 saturated heterocycles. The number of hydrogen-bond acceptors (Lipinski definition) is 5. The highest BCUT2D eigenvalue weighted by Gasteiger charge is 2.61. The molecule has 0 aliphatic carbocycles. The van der Waals surface area contributed by atoms with E-state index >= 15 is 0 Å². The summed E-state index contributed by atoms with van der Waals surface area (Å²) in [6.07, 6.45) is 0. The number of nitriles is 1. The van der Waals surface area contributed by atoms with Gasteiger partial charge in [0.2, 0.25) is 0 Å². The van der Waals surface area contributed by atoms with Gasteiger partial charge in [0.05, 0.1) is 27.2 Å². The zero-order chi connectivity index (χ0) is 21.0. The Labute approximate surface area is 184 Å². The van der Waals surface area contributed by atoms with Crippen molar-refractivity contribution in [1.82, 2.24) is 9.88 Å². The van der Waals surface area contributed by atoms with Gasteiger partial charge in [-0.25, -0.2) is 4.98 Å². The van der Waals surface area contributed by atoms with Crippen LogP contribution in [0.2, 0.25) is 5.02 Å². The molecule has 29 heavy (non-hydrogen) atoms. The van der Waals surface area contributed by atoms with Gasteiger partial charge in [0.15, 0.2) is 5.41 Å². The van der Waals surface area contributed by atoms with Gasteiger partial charge in [-0.2, -0.15) is 5.26 Å². The predicted octanol–water partition coefficient (Wildman–Crippen LogP) is 5.91. The largest absolute Gasteiger partial charge is 0.317 e. The minimum Gasteiger partial charge on any atom is -0.317 e. The van der Waals surface area contributed by atoms with Crippen molar-refractivity contribution in [1.29, 1.82) is 10.7 Å². The normalized spacial score (nSPS) is 22.3. The molecule has 0 radical (unpaired) electrons. The van der Waals surface area contributed by atoms with E-state index in [9.17, 15) is 5.26 Å². The SMILES string of the molecule is CC(C)(C)N1C(=N)[C@](C#N)(c2nc3ccccc3s2)[C@@H](c2cccc(Cl)c2)C1=S. The summed E-state index contributed by atoms with van der Waals surface area (Å²) in [6.45, 7) is 5.98. The van der Waals surface area contributed by atoms with E-state index in [1.54, 1.807) is 11.0 Å². The lowest BCUT2D eigenvalue weighted by Gasteiger charge is -2.34. The fourth-order valence-electron chi connectivity index (χ4n) is 3.91. The van der Waals surface area contributed by atoms with Gasteiger partial charge in [-0.1, -0.05) is 48.1 Å². The number of aromatic nitrogens is 1. The van der Waals surface area contributed by atoms with E-state index in [2.05, 4.69) is 6.07 Å². The van der Waals surface area contributed by atoms with Crippen molar-refractivity contribution in [3.8, 4) is 6.07 Å². The fraction of sp³-hybridized carbons (Fsp3) is 0.273. The molecular weight excluding hydrogens is 420 g/mol. The maximum Gasteiger partial charge on any atom is 0.179 e. The van der Waals surface area contributed by atoms with Crippen LogP contribution in [0.3, 0.4) is 0 Å². The van der Waals surface area contributed by atoms with E-state index in [1.807, 2.05) is 63.2 Å². The molecule has 0 bridgehead atoms. The first-order chi connectivity index (χ1) is 13.7. The number of rotatable bonds is 2. The standard InChI is InChI=1S/C22H19ClN4S2/c1-21(2,3)27-18(28)17(13-7-6-8-14(23)11-13)22(12-24,19(27)25)20-26-15-9-4-5-10-16(15)29-20/h4-11,17,25H,1-3H3/t17-,22+/m0/s1. The Kier molecular flexibility index (Phi) is 4.73. The van der Waals surface area contributed by atoms with Gasteiger partial charge in [0, 0.05) is 10.6 Å². The third-order valence-corrected chi connectivity index (χ3v) is 6.98. The molecule has 0 unspecified atom stereocenters. The van der Waals surface area contributed by atoms with Crippen molar-refractivity contribution in [2.45, 2.75) is 37.6 Å². The number of likely N-dealkylation sites (tertiary alicyclic amines) is 1. The van der Waals surface area contributed by atoms with Gasteiger partial charge in [0.25, 0.3) is 0 Å². The number of nitrogens with zero attached hydrogens (tertiary/aromatic N) is 3. The second kappa shape index (κ2) is 6.88. The number of fused-ring (bicyclic) bond motifs is 1. The Bertz CT molecular complexity index is 1150. The number of halogens is 1. The fourth-order valence-corrected chi connectivity index (χ4v) is 5.93. The summed E-state index contributed by atoms with van der Waals surface area (Å²) >= 11 is 13.6. The van der Waals surface area contributed by atoms with E-state index in [4.69, 9.17) is 34.2 Å². The van der Waals surface area contributed by atoms with E-state index < -0.39 is 16.9 Å². The van der Waals surface area contributed by atoms with Crippen molar-refractivity contribution in [2.24, 2.45) is 0 Å². The molecular formula is C22H19ClN4S2. The summed E-state index contributed by atoms with van der Waals surface area (Å²) in [5.74, 6) is -0.352.